The van der Waals surface area contributed by atoms with Crippen LogP contribution in [0.25, 0.3) is 10.2 Å². The summed E-state index contributed by atoms with van der Waals surface area (Å²) in [7, 11) is 0. The van der Waals surface area contributed by atoms with Crippen LogP contribution in [0.2, 0.25) is 0 Å². The average Bonchev–Trinajstić information content (AvgIpc) is 2.77. The molecule has 2 rings (SSSR count). The highest BCUT2D eigenvalue weighted by molar-refractivity contribution is 7.99. The van der Waals surface area contributed by atoms with E-state index in [0.29, 0.717) is 15.4 Å². The number of thioether (sulfide) groups is 1. The first-order valence-electron chi connectivity index (χ1n) is 8.67. The van der Waals surface area contributed by atoms with Crippen LogP contribution in [-0.4, -0.2) is 32.8 Å². The van der Waals surface area contributed by atoms with Crippen molar-refractivity contribution in [2.75, 3.05) is 5.75 Å². The number of imide groups is 1. The lowest BCUT2D eigenvalue weighted by Gasteiger charge is -2.20. The van der Waals surface area contributed by atoms with Gasteiger partial charge in [0.1, 0.15) is 4.83 Å². The fraction of sp³-hybridized carbons (Fsp3) is 0.556. The lowest BCUT2D eigenvalue weighted by Crippen LogP contribution is -2.48. The number of hydrogen-bond donors (Lipinski definition) is 2. The zero-order chi connectivity index (χ0) is 20.5. The zero-order valence-electron chi connectivity index (χ0n) is 16.7. The summed E-state index contributed by atoms with van der Waals surface area (Å²) >= 11 is 2.63. The van der Waals surface area contributed by atoms with E-state index in [2.05, 4.69) is 15.6 Å². The Morgan fingerprint density at radius 3 is 2.44 bits per heavy atom. The first kappa shape index (κ1) is 21.4. The highest BCUT2D eigenvalue weighted by atomic mass is 32.2. The molecule has 0 unspecified atom stereocenters. The van der Waals surface area contributed by atoms with Gasteiger partial charge in [-0.1, -0.05) is 11.8 Å². The summed E-state index contributed by atoms with van der Waals surface area (Å²) in [6, 6.07) is -0.633. The van der Waals surface area contributed by atoms with Gasteiger partial charge in [0.15, 0.2) is 5.16 Å². The Morgan fingerprint density at radius 1 is 1.26 bits per heavy atom. The summed E-state index contributed by atoms with van der Waals surface area (Å²) in [6.45, 7) is 13.2. The van der Waals surface area contributed by atoms with Crippen LogP contribution in [0.4, 0.5) is 4.79 Å². The van der Waals surface area contributed by atoms with E-state index in [1.807, 2.05) is 48.5 Å². The Kier molecular flexibility index (Phi) is 6.36. The van der Waals surface area contributed by atoms with Crippen molar-refractivity contribution in [2.24, 2.45) is 0 Å². The van der Waals surface area contributed by atoms with Crippen LogP contribution >= 0.6 is 23.1 Å². The van der Waals surface area contributed by atoms with E-state index >= 15 is 0 Å². The van der Waals surface area contributed by atoms with E-state index in [1.54, 1.807) is 4.57 Å². The number of carbonyl (C=O) groups excluding carboxylic acids is 2. The van der Waals surface area contributed by atoms with Crippen LogP contribution < -0.4 is 16.2 Å². The normalized spacial score (nSPS) is 11.9. The third kappa shape index (κ3) is 5.10. The van der Waals surface area contributed by atoms with E-state index < -0.39 is 17.5 Å². The van der Waals surface area contributed by atoms with Gasteiger partial charge in [0.05, 0.1) is 11.1 Å². The van der Waals surface area contributed by atoms with E-state index in [1.165, 1.54) is 11.3 Å². The Bertz CT molecular complexity index is 939. The Labute approximate surface area is 166 Å². The van der Waals surface area contributed by atoms with Gasteiger partial charge in [0, 0.05) is 16.5 Å². The smallest absolute Gasteiger partial charge is 0.321 e. The van der Waals surface area contributed by atoms with Gasteiger partial charge in [-0.15, -0.1) is 11.3 Å². The number of nitrogens with one attached hydrogen (secondary N) is 2. The molecule has 2 N–H and O–H groups in total. The molecule has 0 atom stereocenters. The number of carbonyl (C=O) groups is 2. The van der Waals surface area contributed by atoms with E-state index in [4.69, 9.17) is 0 Å². The molecule has 148 valence electrons. The molecule has 0 aromatic carbocycles. The van der Waals surface area contributed by atoms with Gasteiger partial charge in [-0.2, -0.15) is 0 Å². The number of aromatic nitrogens is 2. The first-order valence-corrected chi connectivity index (χ1v) is 10.5. The second-order valence-electron chi connectivity index (χ2n) is 7.67. The molecule has 0 saturated carbocycles. The van der Waals surface area contributed by atoms with Gasteiger partial charge in [0.25, 0.3) is 5.56 Å². The molecule has 3 amide bonds. The first-order chi connectivity index (χ1) is 12.4. The summed E-state index contributed by atoms with van der Waals surface area (Å²) in [5, 5.41) is 6.09. The molecule has 0 aliphatic heterocycles. The minimum atomic E-state index is -0.540. The fourth-order valence-corrected chi connectivity index (χ4v) is 4.51. The van der Waals surface area contributed by atoms with Gasteiger partial charge in [-0.25, -0.2) is 9.78 Å². The van der Waals surface area contributed by atoms with Gasteiger partial charge < -0.3 is 5.32 Å². The molecule has 2 aromatic heterocycles. The lowest BCUT2D eigenvalue weighted by molar-refractivity contribution is -0.117. The number of hydrogen-bond acceptors (Lipinski definition) is 6. The van der Waals surface area contributed by atoms with Crippen molar-refractivity contribution < 1.29 is 9.59 Å². The summed E-state index contributed by atoms with van der Waals surface area (Å²) in [6.07, 6.45) is 0. The second kappa shape index (κ2) is 8.02. The molecule has 27 heavy (non-hydrogen) atoms. The predicted octanol–water partition coefficient (Wildman–Crippen LogP) is 3.37. The van der Waals surface area contributed by atoms with E-state index in [0.717, 1.165) is 22.2 Å². The highest BCUT2D eigenvalue weighted by Crippen LogP contribution is 2.29. The van der Waals surface area contributed by atoms with Gasteiger partial charge in [-0.05, 0) is 54.0 Å². The maximum atomic E-state index is 13.0. The van der Waals surface area contributed by atoms with Crippen LogP contribution in [0.5, 0.6) is 0 Å². The molecule has 0 aliphatic carbocycles. The van der Waals surface area contributed by atoms with Gasteiger partial charge in [0.2, 0.25) is 5.91 Å². The number of urea groups is 1. The molecule has 0 radical (unpaired) electrons. The van der Waals surface area contributed by atoms with E-state index in [9.17, 15) is 14.4 Å². The Hall–Kier alpha value is -1.87. The maximum Gasteiger partial charge on any atom is 0.321 e. The summed E-state index contributed by atoms with van der Waals surface area (Å²) in [5.74, 6) is -0.448. The number of thiophene rings is 1. The molecule has 0 saturated heterocycles. The summed E-state index contributed by atoms with van der Waals surface area (Å²) < 4.78 is 1.61. The molecule has 0 spiro atoms. The molecule has 9 heteroatoms. The van der Waals surface area contributed by atoms with Crippen molar-refractivity contribution in [2.45, 2.75) is 65.2 Å². The third-order valence-electron chi connectivity index (χ3n) is 3.79. The standard InChI is InChI=1S/C18H26N4O3S2/c1-9(2)22-15(24)13-10(3)11(4)27-14(13)20-17(22)26-8-12(23)19-16(25)21-18(5,6)7/h9H,8H2,1-7H3,(H2,19,21,23,25). The minimum Gasteiger partial charge on any atom is -0.333 e. The number of aryl methyl sites for hydroxylation is 2. The van der Waals surface area contributed by atoms with Crippen LogP contribution in [0.15, 0.2) is 9.95 Å². The SMILES string of the molecule is Cc1sc2nc(SCC(=O)NC(=O)NC(C)(C)C)n(C(C)C)c(=O)c2c1C. The molecule has 7 nitrogen and oxygen atoms in total. The summed E-state index contributed by atoms with van der Waals surface area (Å²) in [5.41, 5.74) is 0.428. The Balaban J connectivity index is 2.23. The van der Waals surface area contributed by atoms with Crippen molar-refractivity contribution in [3.63, 3.8) is 0 Å². The fourth-order valence-electron chi connectivity index (χ4n) is 2.51. The molecule has 0 aliphatic rings. The van der Waals surface area contributed by atoms with Crippen LogP contribution in [0.3, 0.4) is 0 Å². The average molecular weight is 411 g/mol. The Morgan fingerprint density at radius 2 is 1.89 bits per heavy atom. The predicted molar refractivity (Wildman–Crippen MR) is 111 cm³/mol. The maximum absolute atomic E-state index is 13.0. The van der Waals surface area contributed by atoms with Crippen LogP contribution in [0.1, 0.15) is 51.1 Å². The lowest BCUT2D eigenvalue weighted by atomic mass is 10.1. The molecular formula is C18H26N4O3S2. The quantitative estimate of drug-likeness (QED) is 0.595. The van der Waals surface area contributed by atoms with Crippen molar-refractivity contribution in [3.8, 4) is 0 Å². The highest BCUT2D eigenvalue weighted by Gasteiger charge is 2.20. The number of amides is 3. The summed E-state index contributed by atoms with van der Waals surface area (Å²) in [4.78, 5) is 43.2. The van der Waals surface area contributed by atoms with Crippen LogP contribution in [0, 0.1) is 13.8 Å². The van der Waals surface area contributed by atoms with E-state index in [-0.39, 0.29) is 17.4 Å². The third-order valence-corrected chi connectivity index (χ3v) is 5.85. The number of rotatable bonds is 4. The molecule has 2 aromatic rings. The molecule has 0 fully saturated rings. The molecule has 2 heterocycles. The topological polar surface area (TPSA) is 93.1 Å². The number of nitrogens with zero attached hydrogens (tertiary/aromatic N) is 2. The molecular weight excluding hydrogens is 384 g/mol. The van der Waals surface area contributed by atoms with Gasteiger partial charge >= 0.3 is 6.03 Å². The largest absolute Gasteiger partial charge is 0.333 e. The number of fused-ring (bicyclic) bond motifs is 1. The zero-order valence-corrected chi connectivity index (χ0v) is 18.4. The van der Waals surface area contributed by atoms with Crippen molar-refractivity contribution in [1.82, 2.24) is 20.2 Å². The monoisotopic (exact) mass is 410 g/mol. The molecule has 0 bridgehead atoms. The van der Waals surface area contributed by atoms with Crippen molar-refractivity contribution in [1.29, 1.82) is 0 Å². The van der Waals surface area contributed by atoms with Crippen LogP contribution in [-0.2, 0) is 4.79 Å². The van der Waals surface area contributed by atoms with Crippen molar-refractivity contribution in [3.05, 3.63) is 20.8 Å². The van der Waals surface area contributed by atoms with Gasteiger partial charge in [-0.3, -0.25) is 19.5 Å². The van der Waals surface area contributed by atoms with Crippen molar-refractivity contribution >= 4 is 45.3 Å². The second-order valence-corrected chi connectivity index (χ2v) is 9.81. The minimum absolute atomic E-state index is 0.00836.